The van der Waals surface area contributed by atoms with E-state index in [1.807, 2.05) is 0 Å². The molecule has 23 heavy (non-hydrogen) atoms. The Kier molecular flexibility index (Phi) is 3.55. The number of carboxylic acid groups (broad SMARTS) is 1. The molecule has 2 N–H and O–H groups in total. The van der Waals surface area contributed by atoms with E-state index in [-0.39, 0.29) is 17.2 Å². The summed E-state index contributed by atoms with van der Waals surface area (Å²) in [5.41, 5.74) is 0.960. The summed E-state index contributed by atoms with van der Waals surface area (Å²) in [6.07, 6.45) is 0. The lowest BCUT2D eigenvalue weighted by molar-refractivity contribution is -0.384. The van der Waals surface area contributed by atoms with Gasteiger partial charge in [0.2, 0.25) is 0 Å². The lowest BCUT2D eigenvalue weighted by Gasteiger charge is -2.09. The maximum Gasteiger partial charge on any atom is 0.358 e. The third-order valence-electron chi connectivity index (χ3n) is 3.09. The Bertz CT molecular complexity index is 926. The molecule has 0 unspecified atom stereocenters. The second-order valence-electron chi connectivity index (χ2n) is 4.65. The van der Waals surface area contributed by atoms with Gasteiger partial charge in [-0.05, 0) is 18.2 Å². The standard InChI is InChI=1S/C15H10N4O4/c20-15(21)13-14(18-12-7-2-1-6-11(12)17-13)16-9-4-3-5-10(8-9)19(22)23/h1-8H,(H,16,18)(H,20,21). The number of nitro groups is 1. The zero-order valence-corrected chi connectivity index (χ0v) is 11.6. The number of nitrogens with one attached hydrogen (secondary N) is 1. The highest BCUT2D eigenvalue weighted by atomic mass is 16.6. The minimum atomic E-state index is -1.24. The molecule has 0 bridgehead atoms. The summed E-state index contributed by atoms with van der Waals surface area (Å²) >= 11 is 0. The van der Waals surface area contributed by atoms with Gasteiger partial charge < -0.3 is 10.4 Å². The van der Waals surface area contributed by atoms with Crippen molar-refractivity contribution in [2.24, 2.45) is 0 Å². The molecule has 0 aliphatic carbocycles. The molecule has 0 aliphatic rings. The number of anilines is 2. The molecule has 3 aromatic rings. The van der Waals surface area contributed by atoms with E-state index in [0.717, 1.165) is 0 Å². The van der Waals surface area contributed by atoms with E-state index in [1.165, 1.54) is 18.2 Å². The summed E-state index contributed by atoms with van der Waals surface area (Å²) in [6.45, 7) is 0. The van der Waals surface area contributed by atoms with E-state index >= 15 is 0 Å². The molecule has 0 aliphatic heterocycles. The third kappa shape index (κ3) is 2.91. The smallest absolute Gasteiger partial charge is 0.358 e. The number of carbonyl (C=O) groups is 1. The van der Waals surface area contributed by atoms with Gasteiger partial charge in [0.25, 0.3) is 5.69 Å². The maximum absolute atomic E-state index is 11.4. The van der Waals surface area contributed by atoms with Crippen molar-refractivity contribution in [3.8, 4) is 0 Å². The highest BCUT2D eigenvalue weighted by molar-refractivity contribution is 5.94. The number of hydrogen-bond acceptors (Lipinski definition) is 6. The minimum Gasteiger partial charge on any atom is -0.476 e. The molecule has 3 rings (SSSR count). The molecule has 8 heteroatoms. The number of carboxylic acids is 1. The van der Waals surface area contributed by atoms with Gasteiger partial charge in [0.1, 0.15) is 0 Å². The zero-order chi connectivity index (χ0) is 16.4. The van der Waals surface area contributed by atoms with Gasteiger partial charge in [-0.25, -0.2) is 14.8 Å². The van der Waals surface area contributed by atoms with Gasteiger partial charge >= 0.3 is 5.97 Å². The topological polar surface area (TPSA) is 118 Å². The fraction of sp³-hybridized carbons (Fsp3) is 0. The highest BCUT2D eigenvalue weighted by Crippen LogP contribution is 2.23. The Morgan fingerprint density at radius 2 is 1.78 bits per heavy atom. The first kappa shape index (κ1) is 14.4. The van der Waals surface area contributed by atoms with E-state index in [9.17, 15) is 20.0 Å². The van der Waals surface area contributed by atoms with Crippen molar-refractivity contribution in [3.05, 3.63) is 64.3 Å². The Hall–Kier alpha value is -3.55. The second kappa shape index (κ2) is 5.68. The van der Waals surface area contributed by atoms with Crippen LogP contribution >= 0.6 is 0 Å². The predicted octanol–water partition coefficient (Wildman–Crippen LogP) is 2.98. The summed E-state index contributed by atoms with van der Waals surface area (Å²) in [4.78, 5) is 30.0. The van der Waals surface area contributed by atoms with Crippen LogP contribution in [0, 0.1) is 10.1 Å². The number of benzene rings is 2. The van der Waals surface area contributed by atoms with Crippen molar-refractivity contribution in [3.63, 3.8) is 0 Å². The van der Waals surface area contributed by atoms with E-state index in [2.05, 4.69) is 15.3 Å². The van der Waals surface area contributed by atoms with Gasteiger partial charge in [0.15, 0.2) is 11.5 Å². The van der Waals surface area contributed by atoms with Gasteiger partial charge in [0.05, 0.1) is 16.0 Å². The summed E-state index contributed by atoms with van der Waals surface area (Å²) in [6, 6.07) is 12.6. The minimum absolute atomic E-state index is 0.0247. The van der Waals surface area contributed by atoms with Crippen LogP contribution in [0.5, 0.6) is 0 Å². The van der Waals surface area contributed by atoms with E-state index in [0.29, 0.717) is 16.7 Å². The SMILES string of the molecule is O=C(O)c1nc2ccccc2nc1Nc1cccc([N+](=O)[O-])c1. The van der Waals surface area contributed by atoms with Crippen LogP contribution in [0.25, 0.3) is 11.0 Å². The fourth-order valence-corrected chi connectivity index (χ4v) is 2.07. The van der Waals surface area contributed by atoms with Crippen molar-refractivity contribution in [1.29, 1.82) is 0 Å². The van der Waals surface area contributed by atoms with Gasteiger partial charge in [-0.3, -0.25) is 10.1 Å². The molecule has 1 heterocycles. The van der Waals surface area contributed by atoms with E-state index in [1.54, 1.807) is 30.3 Å². The largest absolute Gasteiger partial charge is 0.476 e. The number of aromatic nitrogens is 2. The van der Waals surface area contributed by atoms with Crippen molar-refractivity contribution >= 4 is 34.2 Å². The summed E-state index contributed by atoms with van der Waals surface area (Å²) in [7, 11) is 0. The van der Waals surface area contributed by atoms with Crippen LogP contribution in [0.3, 0.4) is 0 Å². The number of hydrogen-bond donors (Lipinski definition) is 2. The fourth-order valence-electron chi connectivity index (χ4n) is 2.07. The van der Waals surface area contributed by atoms with Crippen molar-refractivity contribution in [2.45, 2.75) is 0 Å². The number of rotatable bonds is 4. The van der Waals surface area contributed by atoms with Crippen LogP contribution in [0.15, 0.2) is 48.5 Å². The quantitative estimate of drug-likeness (QED) is 0.561. The number of non-ortho nitro benzene ring substituents is 1. The van der Waals surface area contributed by atoms with Gasteiger partial charge in [-0.15, -0.1) is 0 Å². The normalized spacial score (nSPS) is 10.4. The number of para-hydroxylation sites is 2. The van der Waals surface area contributed by atoms with Gasteiger partial charge in [-0.1, -0.05) is 18.2 Å². The van der Waals surface area contributed by atoms with E-state index < -0.39 is 10.9 Å². The molecule has 0 fully saturated rings. The van der Waals surface area contributed by atoms with Crippen molar-refractivity contribution in [2.75, 3.05) is 5.32 Å². The van der Waals surface area contributed by atoms with E-state index in [4.69, 9.17) is 0 Å². The molecule has 2 aromatic carbocycles. The first-order valence-corrected chi connectivity index (χ1v) is 6.56. The van der Waals surface area contributed by atoms with Gasteiger partial charge in [-0.2, -0.15) is 0 Å². The first-order valence-electron chi connectivity index (χ1n) is 6.56. The Morgan fingerprint density at radius 1 is 1.09 bits per heavy atom. The molecule has 0 radical (unpaired) electrons. The monoisotopic (exact) mass is 310 g/mol. The second-order valence-corrected chi connectivity index (χ2v) is 4.65. The lowest BCUT2D eigenvalue weighted by Crippen LogP contribution is -2.08. The number of aromatic carboxylic acids is 1. The number of nitrogens with zero attached hydrogens (tertiary/aromatic N) is 3. The molecule has 0 spiro atoms. The average Bonchev–Trinajstić information content (AvgIpc) is 2.54. The number of nitro benzene ring substituents is 1. The molecule has 0 amide bonds. The summed E-state index contributed by atoms with van der Waals surface area (Å²) < 4.78 is 0. The van der Waals surface area contributed by atoms with Crippen LogP contribution < -0.4 is 5.32 Å². The Balaban J connectivity index is 2.08. The lowest BCUT2D eigenvalue weighted by atomic mass is 10.2. The average molecular weight is 310 g/mol. The Morgan fingerprint density at radius 3 is 2.43 bits per heavy atom. The maximum atomic E-state index is 11.4. The molecule has 114 valence electrons. The summed E-state index contributed by atoms with van der Waals surface area (Å²) in [5, 5.41) is 22.9. The van der Waals surface area contributed by atoms with Crippen molar-refractivity contribution < 1.29 is 14.8 Å². The molecule has 0 atom stereocenters. The van der Waals surface area contributed by atoms with Crippen LogP contribution in [0.4, 0.5) is 17.2 Å². The molecule has 0 saturated carbocycles. The zero-order valence-electron chi connectivity index (χ0n) is 11.6. The van der Waals surface area contributed by atoms with Crippen LogP contribution in [-0.4, -0.2) is 26.0 Å². The highest BCUT2D eigenvalue weighted by Gasteiger charge is 2.16. The van der Waals surface area contributed by atoms with Crippen LogP contribution in [-0.2, 0) is 0 Å². The molecule has 1 aromatic heterocycles. The van der Waals surface area contributed by atoms with Crippen LogP contribution in [0.1, 0.15) is 10.5 Å². The third-order valence-corrected chi connectivity index (χ3v) is 3.09. The number of fused-ring (bicyclic) bond motifs is 1. The van der Waals surface area contributed by atoms with Gasteiger partial charge in [0, 0.05) is 17.8 Å². The van der Waals surface area contributed by atoms with Crippen LogP contribution in [0.2, 0.25) is 0 Å². The summed E-state index contributed by atoms with van der Waals surface area (Å²) in [5.74, 6) is -1.21. The molecular weight excluding hydrogens is 300 g/mol. The Labute approximate surface area is 129 Å². The molecule has 8 nitrogen and oxygen atoms in total. The first-order chi connectivity index (χ1) is 11.0. The predicted molar refractivity (Wildman–Crippen MR) is 82.9 cm³/mol. The molecular formula is C15H10N4O4. The van der Waals surface area contributed by atoms with Crippen molar-refractivity contribution in [1.82, 2.24) is 9.97 Å². The molecule has 0 saturated heterocycles.